The average Bonchev–Trinajstić information content (AvgIpc) is 2.73. The van der Waals surface area contributed by atoms with Crippen molar-refractivity contribution in [1.29, 1.82) is 0 Å². The number of phenols is 1. The number of nitrogens with zero attached hydrogens (tertiary/aromatic N) is 1. The summed E-state index contributed by atoms with van der Waals surface area (Å²) in [7, 11) is 1.23. The largest absolute Gasteiger partial charge is 0.504 e. The zero-order chi connectivity index (χ0) is 14.2. The Balaban J connectivity index is 2.78. The number of hydrogen-bond donors (Lipinski definition) is 2. The fourth-order valence-corrected chi connectivity index (χ4v) is 1.68. The molecule has 0 radical (unpaired) electrons. The molecule has 0 unspecified atom stereocenters. The third-order valence-corrected chi connectivity index (χ3v) is 2.53. The minimum absolute atomic E-state index is 0.108. The van der Waals surface area contributed by atoms with Crippen LogP contribution in [0.5, 0.6) is 11.5 Å². The molecule has 0 aliphatic heterocycles. The van der Waals surface area contributed by atoms with Gasteiger partial charge in [0.05, 0.1) is 24.4 Å². The highest BCUT2D eigenvalue weighted by atomic mass is 19.4. The molecule has 1 aromatic carbocycles. The highest BCUT2D eigenvalue weighted by molar-refractivity contribution is 5.82. The van der Waals surface area contributed by atoms with E-state index in [0.29, 0.717) is 0 Å². The molecule has 1 heterocycles. The van der Waals surface area contributed by atoms with Crippen LogP contribution in [0.1, 0.15) is 5.56 Å². The molecule has 2 aromatic rings. The number of ether oxygens (including phenoxy) is 1. The van der Waals surface area contributed by atoms with Gasteiger partial charge in [0.15, 0.2) is 11.5 Å². The summed E-state index contributed by atoms with van der Waals surface area (Å²) in [5, 5.41) is 13.2. The van der Waals surface area contributed by atoms with E-state index in [4.69, 9.17) is 10.5 Å². The number of nitrogen functional groups attached to an aromatic ring is 1. The molecule has 5 nitrogen and oxygen atoms in total. The maximum atomic E-state index is 12.9. The summed E-state index contributed by atoms with van der Waals surface area (Å²) >= 11 is 0. The van der Waals surface area contributed by atoms with Crippen LogP contribution in [0.2, 0.25) is 0 Å². The number of aromatic nitrogens is 1. The first kappa shape index (κ1) is 13.1. The summed E-state index contributed by atoms with van der Waals surface area (Å²) in [6.45, 7) is 0. The number of methoxy groups -OCH3 is 1. The number of benzene rings is 1. The second-order valence-corrected chi connectivity index (χ2v) is 3.64. The van der Waals surface area contributed by atoms with E-state index < -0.39 is 23.1 Å². The summed E-state index contributed by atoms with van der Waals surface area (Å²) in [6, 6.07) is 1.81. The first-order valence-electron chi connectivity index (χ1n) is 5.04. The van der Waals surface area contributed by atoms with Gasteiger partial charge in [0.1, 0.15) is 0 Å². The molecule has 19 heavy (non-hydrogen) atoms. The van der Waals surface area contributed by atoms with Gasteiger partial charge in [-0.25, -0.2) is 0 Å². The minimum Gasteiger partial charge on any atom is -0.504 e. The van der Waals surface area contributed by atoms with Gasteiger partial charge < -0.3 is 20.1 Å². The fourth-order valence-electron chi connectivity index (χ4n) is 1.68. The van der Waals surface area contributed by atoms with E-state index in [0.717, 1.165) is 18.3 Å². The number of hydrogen-bond acceptors (Lipinski definition) is 5. The van der Waals surface area contributed by atoms with Crippen molar-refractivity contribution < 1.29 is 27.5 Å². The average molecular weight is 274 g/mol. The summed E-state index contributed by atoms with van der Waals surface area (Å²) < 4.78 is 48.1. The molecule has 0 saturated heterocycles. The lowest BCUT2D eigenvalue weighted by Crippen LogP contribution is -2.08. The van der Waals surface area contributed by atoms with Crippen LogP contribution in [0.4, 0.5) is 19.1 Å². The molecule has 0 bridgehead atoms. The maximum absolute atomic E-state index is 12.9. The smallest absolute Gasteiger partial charge is 0.417 e. The van der Waals surface area contributed by atoms with E-state index in [1.54, 1.807) is 0 Å². The monoisotopic (exact) mass is 274 g/mol. The van der Waals surface area contributed by atoms with E-state index in [1.807, 2.05) is 0 Å². The van der Waals surface area contributed by atoms with Gasteiger partial charge in [0.25, 0.3) is 0 Å². The number of aromatic hydroxyl groups is 1. The fraction of sp³-hybridized carbons (Fsp3) is 0.182. The van der Waals surface area contributed by atoms with Crippen molar-refractivity contribution in [1.82, 2.24) is 5.16 Å². The normalized spacial score (nSPS) is 11.6. The van der Waals surface area contributed by atoms with Crippen LogP contribution in [0, 0.1) is 0 Å². The first-order valence-corrected chi connectivity index (χ1v) is 5.04. The molecule has 2 rings (SSSR count). The number of anilines is 1. The molecule has 0 aliphatic rings. The van der Waals surface area contributed by atoms with Gasteiger partial charge in [0.2, 0.25) is 5.88 Å². The second-order valence-electron chi connectivity index (χ2n) is 3.64. The van der Waals surface area contributed by atoms with E-state index in [1.165, 1.54) is 7.11 Å². The van der Waals surface area contributed by atoms with Crippen LogP contribution in [0.3, 0.4) is 0 Å². The zero-order valence-electron chi connectivity index (χ0n) is 9.65. The van der Waals surface area contributed by atoms with Crippen molar-refractivity contribution in [2.24, 2.45) is 0 Å². The third-order valence-electron chi connectivity index (χ3n) is 2.53. The Bertz CT molecular complexity index is 608. The second kappa shape index (κ2) is 4.38. The van der Waals surface area contributed by atoms with Gasteiger partial charge >= 0.3 is 6.18 Å². The molecule has 0 atom stereocenters. The molecule has 1 aromatic heterocycles. The highest BCUT2D eigenvalue weighted by Gasteiger charge is 2.37. The summed E-state index contributed by atoms with van der Waals surface area (Å²) in [5.41, 5.74) is 3.67. The molecule has 0 amide bonds. The van der Waals surface area contributed by atoms with Gasteiger partial charge in [-0.2, -0.15) is 13.2 Å². The first-order chi connectivity index (χ1) is 8.86. The summed E-state index contributed by atoms with van der Waals surface area (Å²) in [6.07, 6.45) is -3.66. The number of nitrogens with two attached hydrogens (primary N) is 1. The van der Waals surface area contributed by atoms with Crippen molar-refractivity contribution in [3.63, 3.8) is 0 Å². The van der Waals surface area contributed by atoms with Crippen LogP contribution >= 0.6 is 0 Å². The van der Waals surface area contributed by atoms with Crippen molar-refractivity contribution in [2.75, 3.05) is 12.8 Å². The quantitative estimate of drug-likeness (QED) is 0.879. The molecule has 102 valence electrons. The van der Waals surface area contributed by atoms with E-state index in [-0.39, 0.29) is 17.2 Å². The third kappa shape index (κ3) is 2.16. The van der Waals surface area contributed by atoms with E-state index in [2.05, 4.69) is 9.68 Å². The highest BCUT2D eigenvalue weighted by Crippen LogP contribution is 2.47. The van der Waals surface area contributed by atoms with Crippen LogP contribution in [-0.2, 0) is 6.18 Å². The lowest BCUT2D eigenvalue weighted by Gasteiger charge is -2.15. The van der Waals surface area contributed by atoms with Crippen molar-refractivity contribution >= 4 is 5.88 Å². The molecule has 3 N–H and O–H groups in total. The Hall–Kier alpha value is -2.38. The maximum Gasteiger partial charge on any atom is 0.417 e. The van der Waals surface area contributed by atoms with Gasteiger partial charge in [-0.1, -0.05) is 5.16 Å². The predicted molar refractivity (Wildman–Crippen MR) is 59.6 cm³/mol. The Morgan fingerprint density at radius 2 is 2.05 bits per heavy atom. The number of phenolic OH excluding ortho intramolecular Hbond substituents is 1. The number of rotatable bonds is 2. The molecule has 0 fully saturated rings. The minimum atomic E-state index is -4.66. The molecule has 0 saturated carbocycles. The lowest BCUT2D eigenvalue weighted by atomic mass is 9.99. The molecule has 0 aliphatic carbocycles. The predicted octanol–water partition coefficient (Wildman–Crippen LogP) is 2.66. The molecule has 8 heteroatoms. The summed E-state index contributed by atoms with van der Waals surface area (Å²) in [5.74, 6) is -1.11. The van der Waals surface area contributed by atoms with E-state index >= 15 is 0 Å². The Morgan fingerprint density at radius 3 is 2.53 bits per heavy atom. The Labute approximate surface area is 105 Å². The van der Waals surface area contributed by atoms with Crippen LogP contribution < -0.4 is 10.5 Å². The van der Waals surface area contributed by atoms with Crippen LogP contribution in [0.25, 0.3) is 11.1 Å². The number of alkyl halides is 3. The number of halogens is 3. The standard InChI is InChI=1S/C11H9F3N2O3/c1-18-7-3-2-6(11(12,13)14)8(9(7)17)5-4-16-19-10(5)15/h2-4,17H,15H2,1H3. The van der Waals surface area contributed by atoms with Crippen molar-refractivity contribution in [2.45, 2.75) is 6.18 Å². The van der Waals surface area contributed by atoms with Gasteiger partial charge in [-0.05, 0) is 12.1 Å². The van der Waals surface area contributed by atoms with Crippen LogP contribution in [-0.4, -0.2) is 17.4 Å². The lowest BCUT2D eigenvalue weighted by molar-refractivity contribution is -0.137. The SMILES string of the molecule is COc1ccc(C(F)(F)F)c(-c2cnoc2N)c1O. The molecule has 0 spiro atoms. The zero-order valence-corrected chi connectivity index (χ0v) is 9.65. The van der Waals surface area contributed by atoms with Gasteiger partial charge in [-0.15, -0.1) is 0 Å². The summed E-state index contributed by atoms with van der Waals surface area (Å²) in [4.78, 5) is 0. The van der Waals surface area contributed by atoms with Crippen molar-refractivity contribution in [3.05, 3.63) is 23.9 Å². The molecular weight excluding hydrogens is 265 g/mol. The van der Waals surface area contributed by atoms with Crippen LogP contribution in [0.15, 0.2) is 22.9 Å². The molecular formula is C11H9F3N2O3. The van der Waals surface area contributed by atoms with Gasteiger partial charge in [-0.3, -0.25) is 0 Å². The van der Waals surface area contributed by atoms with Gasteiger partial charge in [0, 0.05) is 5.56 Å². The Kier molecular flexibility index (Phi) is 3.01. The van der Waals surface area contributed by atoms with E-state index in [9.17, 15) is 18.3 Å². The van der Waals surface area contributed by atoms with Crippen molar-refractivity contribution in [3.8, 4) is 22.6 Å². The Morgan fingerprint density at radius 1 is 1.37 bits per heavy atom. The topological polar surface area (TPSA) is 81.5 Å².